The highest BCUT2D eigenvalue weighted by Crippen LogP contribution is 2.34. The summed E-state index contributed by atoms with van der Waals surface area (Å²) in [4.78, 5) is 0. The van der Waals surface area contributed by atoms with Gasteiger partial charge in [-0.15, -0.1) is 0 Å². The number of hydrogen-bond donors (Lipinski definition) is 0. The molecule has 2 aromatic carbocycles. The molecule has 1 aromatic heterocycles. The van der Waals surface area contributed by atoms with E-state index in [0.29, 0.717) is 21.9 Å². The van der Waals surface area contributed by atoms with Gasteiger partial charge in [-0.25, -0.2) is 8.78 Å². The van der Waals surface area contributed by atoms with E-state index >= 15 is 0 Å². The Bertz CT molecular complexity index is 687. The lowest BCUT2D eigenvalue weighted by Crippen LogP contribution is -1.77. The Balaban J connectivity index is 2.51. The smallest absolute Gasteiger partial charge is 0.142 e. The molecule has 0 N–H and O–H groups in total. The zero-order valence-corrected chi connectivity index (χ0v) is 9.74. The van der Waals surface area contributed by atoms with Crippen LogP contribution in [-0.2, 0) is 0 Å². The van der Waals surface area contributed by atoms with Gasteiger partial charge in [0.05, 0.1) is 10.0 Å². The summed E-state index contributed by atoms with van der Waals surface area (Å²) in [7, 11) is 0. The van der Waals surface area contributed by atoms with Gasteiger partial charge in [0.1, 0.15) is 22.8 Å². The van der Waals surface area contributed by atoms with Crippen LogP contribution in [0.1, 0.15) is 0 Å². The lowest BCUT2D eigenvalue weighted by atomic mass is 10.1. The number of furan rings is 1. The third-order valence-corrected chi connectivity index (χ3v) is 3.13. The second kappa shape index (κ2) is 3.59. The average Bonchev–Trinajstić information content (AvgIpc) is 2.58. The topological polar surface area (TPSA) is 13.1 Å². The van der Waals surface area contributed by atoms with Crippen molar-refractivity contribution < 1.29 is 13.2 Å². The Kier molecular flexibility index (Phi) is 2.28. The molecular weight excluding hydrogens is 269 g/mol. The van der Waals surface area contributed by atoms with E-state index in [9.17, 15) is 8.78 Å². The van der Waals surface area contributed by atoms with Gasteiger partial charge in [-0.2, -0.15) is 0 Å². The van der Waals surface area contributed by atoms with Crippen LogP contribution in [0.2, 0.25) is 10.0 Å². The van der Waals surface area contributed by atoms with Gasteiger partial charge < -0.3 is 4.42 Å². The Hall–Kier alpha value is -1.32. The third kappa shape index (κ3) is 1.58. The highest BCUT2D eigenvalue weighted by atomic mass is 35.5. The summed E-state index contributed by atoms with van der Waals surface area (Å²) in [5.74, 6) is -1.14. The first-order chi connectivity index (χ1) is 8.06. The summed E-state index contributed by atoms with van der Waals surface area (Å²) in [5.41, 5.74) is 0.793. The zero-order chi connectivity index (χ0) is 12.2. The van der Waals surface area contributed by atoms with E-state index < -0.39 is 11.6 Å². The maximum Gasteiger partial charge on any atom is 0.142 e. The fourth-order valence-electron chi connectivity index (χ4n) is 1.77. The van der Waals surface area contributed by atoms with Crippen LogP contribution in [0.15, 0.2) is 28.7 Å². The van der Waals surface area contributed by atoms with Crippen LogP contribution >= 0.6 is 23.2 Å². The maximum atomic E-state index is 13.3. The molecule has 0 spiro atoms. The minimum Gasteiger partial charge on any atom is -0.456 e. The number of fused-ring (bicyclic) bond motifs is 3. The molecule has 3 aromatic rings. The first kappa shape index (κ1) is 10.8. The largest absolute Gasteiger partial charge is 0.456 e. The monoisotopic (exact) mass is 272 g/mol. The van der Waals surface area contributed by atoms with E-state index in [1.165, 1.54) is 24.3 Å². The molecule has 17 heavy (non-hydrogen) atoms. The van der Waals surface area contributed by atoms with Crippen molar-refractivity contribution >= 4 is 45.1 Å². The highest BCUT2D eigenvalue weighted by molar-refractivity contribution is 6.32. The standard InChI is InChI=1S/C12H4Cl2F2O/c13-7-3-11-5(1-9(7)15)6-2-10(16)8(14)4-12(6)17-11/h1-4H. The number of benzene rings is 2. The Morgan fingerprint density at radius 3 is 1.59 bits per heavy atom. The molecule has 0 aliphatic heterocycles. The quantitative estimate of drug-likeness (QED) is 0.550. The molecule has 0 radical (unpaired) electrons. The first-order valence-electron chi connectivity index (χ1n) is 4.72. The van der Waals surface area contributed by atoms with Crippen LogP contribution in [-0.4, -0.2) is 0 Å². The Morgan fingerprint density at radius 1 is 0.765 bits per heavy atom. The van der Waals surface area contributed by atoms with Crippen LogP contribution in [0.3, 0.4) is 0 Å². The molecule has 0 saturated heterocycles. The molecule has 0 unspecified atom stereocenters. The molecule has 0 amide bonds. The predicted molar refractivity (Wildman–Crippen MR) is 63.7 cm³/mol. The minimum atomic E-state index is -0.572. The summed E-state index contributed by atoms with van der Waals surface area (Å²) in [5, 5.41) is 0.862. The first-order valence-corrected chi connectivity index (χ1v) is 5.48. The SMILES string of the molecule is Fc1cc2c(cc1Cl)oc1cc(Cl)c(F)cc12. The van der Waals surface area contributed by atoms with Crippen molar-refractivity contribution in [3.05, 3.63) is 45.9 Å². The molecule has 0 saturated carbocycles. The fourth-order valence-corrected chi connectivity index (χ4v) is 2.07. The molecule has 0 aliphatic carbocycles. The van der Waals surface area contributed by atoms with E-state index in [4.69, 9.17) is 27.6 Å². The average molecular weight is 273 g/mol. The molecule has 0 bridgehead atoms. The molecule has 0 atom stereocenters. The van der Waals surface area contributed by atoms with Gasteiger partial charge in [-0.3, -0.25) is 0 Å². The molecule has 3 rings (SSSR count). The highest BCUT2D eigenvalue weighted by Gasteiger charge is 2.13. The van der Waals surface area contributed by atoms with E-state index in [0.717, 1.165) is 0 Å². The van der Waals surface area contributed by atoms with Gasteiger partial charge in [0.25, 0.3) is 0 Å². The number of hydrogen-bond acceptors (Lipinski definition) is 1. The summed E-state index contributed by atoms with van der Waals surface area (Å²) in [6.45, 7) is 0. The van der Waals surface area contributed by atoms with Crippen LogP contribution in [0.25, 0.3) is 21.9 Å². The van der Waals surface area contributed by atoms with E-state index in [-0.39, 0.29) is 10.0 Å². The predicted octanol–water partition coefficient (Wildman–Crippen LogP) is 5.17. The van der Waals surface area contributed by atoms with Crippen molar-refractivity contribution in [1.29, 1.82) is 0 Å². The summed E-state index contributed by atoms with van der Waals surface area (Å²) >= 11 is 11.3. The molecule has 5 heteroatoms. The number of halogens is 4. The van der Waals surface area contributed by atoms with E-state index in [2.05, 4.69) is 0 Å². The molecule has 86 valence electrons. The third-order valence-electron chi connectivity index (χ3n) is 2.56. The second-order valence-corrected chi connectivity index (χ2v) is 4.44. The van der Waals surface area contributed by atoms with Gasteiger partial charge in [0.2, 0.25) is 0 Å². The number of rotatable bonds is 0. The summed E-state index contributed by atoms with van der Waals surface area (Å²) in [6, 6.07) is 5.16. The normalized spacial score (nSPS) is 11.5. The summed E-state index contributed by atoms with van der Waals surface area (Å²) in [6.07, 6.45) is 0. The van der Waals surface area contributed by atoms with E-state index in [1.54, 1.807) is 0 Å². The van der Waals surface area contributed by atoms with Crippen molar-refractivity contribution in [1.82, 2.24) is 0 Å². The van der Waals surface area contributed by atoms with Crippen LogP contribution in [0, 0.1) is 11.6 Å². The summed E-state index contributed by atoms with van der Waals surface area (Å²) < 4.78 is 32.1. The van der Waals surface area contributed by atoms with Crippen molar-refractivity contribution in [3.8, 4) is 0 Å². The molecule has 0 aliphatic rings. The fraction of sp³-hybridized carbons (Fsp3) is 0. The van der Waals surface area contributed by atoms with Gasteiger partial charge in [0.15, 0.2) is 0 Å². The minimum absolute atomic E-state index is 0.0388. The lowest BCUT2D eigenvalue weighted by molar-refractivity contribution is 0.624. The van der Waals surface area contributed by atoms with Crippen molar-refractivity contribution in [3.63, 3.8) is 0 Å². The molecular formula is C12H4Cl2F2O. The Morgan fingerprint density at radius 2 is 1.18 bits per heavy atom. The molecule has 1 heterocycles. The van der Waals surface area contributed by atoms with Crippen molar-refractivity contribution in [2.45, 2.75) is 0 Å². The lowest BCUT2D eigenvalue weighted by Gasteiger charge is -1.94. The van der Waals surface area contributed by atoms with Crippen LogP contribution in [0.5, 0.6) is 0 Å². The van der Waals surface area contributed by atoms with Crippen molar-refractivity contribution in [2.24, 2.45) is 0 Å². The molecule has 1 nitrogen and oxygen atoms in total. The molecule has 0 fully saturated rings. The Labute approximate surface area is 105 Å². The van der Waals surface area contributed by atoms with Gasteiger partial charge in [-0.1, -0.05) is 23.2 Å². The van der Waals surface area contributed by atoms with Crippen LogP contribution in [0.4, 0.5) is 8.78 Å². The van der Waals surface area contributed by atoms with Crippen molar-refractivity contribution in [2.75, 3.05) is 0 Å². The second-order valence-electron chi connectivity index (χ2n) is 3.63. The van der Waals surface area contributed by atoms with Crippen LogP contribution < -0.4 is 0 Å². The van der Waals surface area contributed by atoms with Gasteiger partial charge in [0, 0.05) is 22.9 Å². The van der Waals surface area contributed by atoms with Gasteiger partial charge >= 0.3 is 0 Å². The van der Waals surface area contributed by atoms with E-state index in [1.807, 2.05) is 0 Å². The maximum absolute atomic E-state index is 13.3. The van der Waals surface area contributed by atoms with Gasteiger partial charge in [-0.05, 0) is 12.1 Å². The zero-order valence-electron chi connectivity index (χ0n) is 8.23.